The summed E-state index contributed by atoms with van der Waals surface area (Å²) in [6.07, 6.45) is 0.759. The Balaban J connectivity index is 2.21. The molecule has 0 radical (unpaired) electrons. The number of nitrogens with one attached hydrogen (secondary N) is 1. The van der Waals surface area contributed by atoms with E-state index in [9.17, 15) is 0 Å². The number of aromatic nitrogens is 2. The van der Waals surface area contributed by atoms with Gasteiger partial charge in [-0.3, -0.25) is 0 Å². The minimum absolute atomic E-state index is 0.534. The van der Waals surface area contributed by atoms with Gasteiger partial charge in [0, 0.05) is 25.1 Å². The zero-order valence-corrected chi connectivity index (χ0v) is 12.7. The lowest BCUT2D eigenvalue weighted by Gasteiger charge is -2.10. The third kappa shape index (κ3) is 4.34. The van der Waals surface area contributed by atoms with Crippen LogP contribution in [0.4, 0.5) is 5.82 Å². The van der Waals surface area contributed by atoms with Crippen LogP contribution in [0.3, 0.4) is 0 Å². The second-order valence-corrected chi connectivity index (χ2v) is 4.40. The Kier molecular flexibility index (Phi) is 5.37. The molecule has 0 unspecified atom stereocenters. The van der Waals surface area contributed by atoms with Crippen LogP contribution in [-0.2, 0) is 6.42 Å². The van der Waals surface area contributed by atoms with Gasteiger partial charge in [-0.05, 0) is 26.0 Å². The van der Waals surface area contributed by atoms with Crippen LogP contribution < -0.4 is 14.8 Å². The SMILES string of the molecule is CCNc1cc(Oc2cccc(OCC)c2)nc(CC)n1. The van der Waals surface area contributed by atoms with E-state index in [1.165, 1.54) is 0 Å². The summed E-state index contributed by atoms with van der Waals surface area (Å²) in [6.45, 7) is 7.43. The Hall–Kier alpha value is -2.30. The molecule has 0 aliphatic heterocycles. The predicted molar refractivity (Wildman–Crippen MR) is 83.3 cm³/mol. The summed E-state index contributed by atoms with van der Waals surface area (Å²) in [5.41, 5.74) is 0. The van der Waals surface area contributed by atoms with E-state index in [2.05, 4.69) is 15.3 Å². The van der Waals surface area contributed by atoms with E-state index in [0.717, 1.165) is 30.4 Å². The Morgan fingerprint density at radius 3 is 2.57 bits per heavy atom. The van der Waals surface area contributed by atoms with Crippen molar-refractivity contribution in [3.8, 4) is 17.4 Å². The number of ether oxygens (including phenoxy) is 2. The summed E-state index contributed by atoms with van der Waals surface area (Å²) in [5, 5.41) is 3.18. The molecule has 0 fully saturated rings. The lowest BCUT2D eigenvalue weighted by Crippen LogP contribution is -2.04. The van der Waals surface area contributed by atoms with Gasteiger partial charge in [0.15, 0.2) is 0 Å². The van der Waals surface area contributed by atoms with Crippen molar-refractivity contribution < 1.29 is 9.47 Å². The van der Waals surface area contributed by atoms with Crippen LogP contribution in [-0.4, -0.2) is 23.1 Å². The maximum atomic E-state index is 5.82. The first-order valence-electron chi connectivity index (χ1n) is 7.27. The molecule has 0 aliphatic carbocycles. The van der Waals surface area contributed by atoms with Crippen molar-refractivity contribution in [2.24, 2.45) is 0 Å². The van der Waals surface area contributed by atoms with E-state index >= 15 is 0 Å². The van der Waals surface area contributed by atoms with Crippen LogP contribution >= 0.6 is 0 Å². The second-order valence-electron chi connectivity index (χ2n) is 4.40. The van der Waals surface area contributed by atoms with Crippen molar-refractivity contribution in [3.63, 3.8) is 0 Å². The van der Waals surface area contributed by atoms with Crippen molar-refractivity contribution in [3.05, 3.63) is 36.2 Å². The number of hydrogen-bond acceptors (Lipinski definition) is 5. The van der Waals surface area contributed by atoms with E-state index in [0.29, 0.717) is 18.2 Å². The number of rotatable bonds is 7. The quantitative estimate of drug-likeness (QED) is 0.842. The van der Waals surface area contributed by atoms with Gasteiger partial charge in [-0.25, -0.2) is 4.98 Å². The zero-order chi connectivity index (χ0) is 15.1. The van der Waals surface area contributed by atoms with E-state index in [1.54, 1.807) is 6.07 Å². The van der Waals surface area contributed by atoms with Gasteiger partial charge in [0.25, 0.3) is 0 Å². The molecule has 2 aromatic rings. The van der Waals surface area contributed by atoms with Gasteiger partial charge < -0.3 is 14.8 Å². The molecule has 5 heteroatoms. The second kappa shape index (κ2) is 7.47. The van der Waals surface area contributed by atoms with Gasteiger partial charge >= 0.3 is 0 Å². The van der Waals surface area contributed by atoms with E-state index < -0.39 is 0 Å². The molecule has 0 atom stereocenters. The van der Waals surface area contributed by atoms with Gasteiger partial charge in [0.05, 0.1) is 6.61 Å². The molecule has 2 rings (SSSR count). The molecule has 5 nitrogen and oxygen atoms in total. The first kappa shape index (κ1) is 15.1. The molecule has 1 heterocycles. The lowest BCUT2D eigenvalue weighted by molar-refractivity contribution is 0.338. The van der Waals surface area contributed by atoms with Crippen molar-refractivity contribution in [2.45, 2.75) is 27.2 Å². The van der Waals surface area contributed by atoms with Crippen molar-refractivity contribution in [2.75, 3.05) is 18.5 Å². The van der Waals surface area contributed by atoms with Crippen LogP contribution in [0, 0.1) is 0 Å². The summed E-state index contributed by atoms with van der Waals surface area (Å²) >= 11 is 0. The van der Waals surface area contributed by atoms with Gasteiger partial charge in [-0.15, -0.1) is 0 Å². The molecule has 0 saturated carbocycles. The molecule has 112 valence electrons. The first-order valence-corrected chi connectivity index (χ1v) is 7.27. The average molecular weight is 287 g/mol. The third-order valence-corrected chi connectivity index (χ3v) is 2.76. The Bertz CT molecular complexity index is 587. The highest BCUT2D eigenvalue weighted by Gasteiger charge is 2.06. The minimum atomic E-state index is 0.534. The van der Waals surface area contributed by atoms with Crippen LogP contribution in [0.2, 0.25) is 0 Å². The normalized spacial score (nSPS) is 10.2. The fourth-order valence-electron chi connectivity index (χ4n) is 1.87. The summed E-state index contributed by atoms with van der Waals surface area (Å²) in [6, 6.07) is 9.33. The third-order valence-electron chi connectivity index (χ3n) is 2.76. The zero-order valence-electron chi connectivity index (χ0n) is 12.7. The van der Waals surface area contributed by atoms with Gasteiger partial charge in [-0.1, -0.05) is 13.0 Å². The monoisotopic (exact) mass is 287 g/mol. The van der Waals surface area contributed by atoms with Crippen molar-refractivity contribution >= 4 is 5.82 Å². The highest BCUT2D eigenvalue weighted by atomic mass is 16.5. The average Bonchev–Trinajstić information content (AvgIpc) is 2.48. The maximum Gasteiger partial charge on any atom is 0.224 e. The summed E-state index contributed by atoms with van der Waals surface area (Å²) in [4.78, 5) is 8.79. The van der Waals surface area contributed by atoms with E-state index in [-0.39, 0.29) is 0 Å². The lowest BCUT2D eigenvalue weighted by atomic mass is 10.3. The first-order chi connectivity index (χ1) is 10.2. The molecule has 0 aliphatic rings. The molecule has 0 saturated heterocycles. The molecular weight excluding hydrogens is 266 g/mol. The van der Waals surface area contributed by atoms with Gasteiger partial charge in [0.1, 0.15) is 23.1 Å². The smallest absolute Gasteiger partial charge is 0.224 e. The predicted octanol–water partition coefficient (Wildman–Crippen LogP) is 3.66. The largest absolute Gasteiger partial charge is 0.494 e. The van der Waals surface area contributed by atoms with Gasteiger partial charge in [-0.2, -0.15) is 4.98 Å². The molecule has 21 heavy (non-hydrogen) atoms. The Labute approximate surface area is 125 Å². The van der Waals surface area contributed by atoms with Crippen LogP contribution in [0.1, 0.15) is 26.6 Å². The number of anilines is 1. The number of nitrogens with zero attached hydrogens (tertiary/aromatic N) is 2. The molecule has 1 aromatic heterocycles. The van der Waals surface area contributed by atoms with Crippen LogP contribution in [0.15, 0.2) is 30.3 Å². The fraction of sp³-hybridized carbons (Fsp3) is 0.375. The van der Waals surface area contributed by atoms with Crippen LogP contribution in [0.5, 0.6) is 17.4 Å². The van der Waals surface area contributed by atoms with Crippen molar-refractivity contribution in [1.82, 2.24) is 9.97 Å². The standard InChI is InChI=1S/C16H21N3O2/c1-4-14-18-15(17-5-2)11-16(19-14)21-13-9-7-8-12(10-13)20-6-3/h7-11H,4-6H2,1-3H3,(H,17,18,19). The fourth-order valence-corrected chi connectivity index (χ4v) is 1.87. The summed E-state index contributed by atoms with van der Waals surface area (Å²) < 4.78 is 11.3. The maximum absolute atomic E-state index is 5.82. The van der Waals surface area contributed by atoms with Crippen molar-refractivity contribution in [1.29, 1.82) is 0 Å². The Morgan fingerprint density at radius 1 is 1.05 bits per heavy atom. The highest BCUT2D eigenvalue weighted by Crippen LogP contribution is 2.25. The Morgan fingerprint density at radius 2 is 1.86 bits per heavy atom. The molecule has 1 aromatic carbocycles. The summed E-state index contributed by atoms with van der Waals surface area (Å²) in [7, 11) is 0. The highest BCUT2D eigenvalue weighted by molar-refractivity contribution is 5.41. The molecule has 0 amide bonds. The van der Waals surface area contributed by atoms with Crippen LogP contribution in [0.25, 0.3) is 0 Å². The topological polar surface area (TPSA) is 56.3 Å². The van der Waals surface area contributed by atoms with E-state index in [4.69, 9.17) is 9.47 Å². The minimum Gasteiger partial charge on any atom is -0.494 e. The molecular formula is C16H21N3O2. The van der Waals surface area contributed by atoms with E-state index in [1.807, 2.05) is 45.0 Å². The molecule has 0 spiro atoms. The number of aryl methyl sites for hydroxylation is 1. The molecule has 0 bridgehead atoms. The van der Waals surface area contributed by atoms with Gasteiger partial charge in [0.2, 0.25) is 5.88 Å². The summed E-state index contributed by atoms with van der Waals surface area (Å²) in [5.74, 6) is 3.55. The number of benzene rings is 1. The number of hydrogen-bond donors (Lipinski definition) is 1. The molecule has 1 N–H and O–H groups in total.